The summed E-state index contributed by atoms with van der Waals surface area (Å²) in [5.74, 6) is 1.24. The molecule has 3 aromatic rings. The Hall–Kier alpha value is -2.93. The zero-order valence-corrected chi connectivity index (χ0v) is 16.1. The first-order valence-corrected chi connectivity index (χ1v) is 9.69. The topological polar surface area (TPSA) is 80.5 Å². The maximum Gasteiger partial charge on any atom is 0.415 e. The summed E-state index contributed by atoms with van der Waals surface area (Å²) in [4.78, 5) is 22.6. The molecule has 2 aromatic heterocycles. The van der Waals surface area contributed by atoms with Gasteiger partial charge in [-0.2, -0.15) is 0 Å². The molecule has 0 bridgehead atoms. The van der Waals surface area contributed by atoms with Gasteiger partial charge < -0.3 is 9.84 Å². The molecule has 7 heteroatoms. The average molecular weight is 380 g/mol. The van der Waals surface area contributed by atoms with Crippen LogP contribution < -0.4 is 4.74 Å². The van der Waals surface area contributed by atoms with E-state index >= 15 is 0 Å². The molecule has 0 spiro atoms. The van der Waals surface area contributed by atoms with Crippen molar-refractivity contribution in [3.8, 4) is 11.6 Å². The molecule has 0 saturated carbocycles. The van der Waals surface area contributed by atoms with E-state index in [1.54, 1.807) is 24.5 Å². The quantitative estimate of drug-likeness (QED) is 0.711. The summed E-state index contributed by atoms with van der Waals surface area (Å²) in [7, 11) is 0. The van der Waals surface area contributed by atoms with Crippen molar-refractivity contribution in [1.29, 1.82) is 0 Å². The predicted octanol–water partition coefficient (Wildman–Crippen LogP) is 4.30. The molecule has 28 heavy (non-hydrogen) atoms. The highest BCUT2D eigenvalue weighted by Crippen LogP contribution is 2.33. The molecule has 7 nitrogen and oxygen atoms in total. The van der Waals surface area contributed by atoms with Crippen LogP contribution in [0.4, 0.5) is 4.79 Å². The van der Waals surface area contributed by atoms with Crippen molar-refractivity contribution in [3.63, 3.8) is 0 Å². The van der Waals surface area contributed by atoms with Gasteiger partial charge in [-0.15, -0.1) is 0 Å². The fourth-order valence-electron chi connectivity index (χ4n) is 4.00. The largest absolute Gasteiger partial charge is 0.464 e. The molecule has 1 aliphatic rings. The number of ether oxygens (including phenoxy) is 1. The first-order valence-electron chi connectivity index (χ1n) is 9.69. The summed E-state index contributed by atoms with van der Waals surface area (Å²) in [6.07, 6.45) is 5.24. The van der Waals surface area contributed by atoms with Crippen LogP contribution in [0, 0.1) is 0 Å². The molecule has 1 aliphatic heterocycles. The van der Waals surface area contributed by atoms with Gasteiger partial charge in [0.1, 0.15) is 12.1 Å². The van der Waals surface area contributed by atoms with Crippen molar-refractivity contribution >= 4 is 17.0 Å². The second kappa shape index (κ2) is 7.59. The number of likely N-dealkylation sites (N-methyl/N-ethyl adjacent to an activating group) is 1. The van der Waals surface area contributed by atoms with Crippen LogP contribution in [0.15, 0.2) is 36.8 Å². The van der Waals surface area contributed by atoms with Crippen molar-refractivity contribution in [3.05, 3.63) is 48.0 Å². The third kappa shape index (κ3) is 3.33. The van der Waals surface area contributed by atoms with Crippen molar-refractivity contribution in [2.24, 2.45) is 0 Å². The van der Waals surface area contributed by atoms with E-state index in [2.05, 4.69) is 28.7 Å². The number of rotatable bonds is 5. The van der Waals surface area contributed by atoms with E-state index in [0.29, 0.717) is 23.2 Å². The lowest BCUT2D eigenvalue weighted by atomic mass is 9.95. The highest BCUT2D eigenvalue weighted by molar-refractivity contribution is 5.89. The summed E-state index contributed by atoms with van der Waals surface area (Å²) in [6.45, 7) is 6.21. The monoisotopic (exact) mass is 380 g/mol. The first-order chi connectivity index (χ1) is 13.6. The number of aromatic nitrogens is 3. The number of benzene rings is 1. The van der Waals surface area contributed by atoms with Gasteiger partial charge in [0.05, 0.1) is 11.2 Å². The summed E-state index contributed by atoms with van der Waals surface area (Å²) < 4.78 is 7.32. The molecule has 1 atom stereocenters. The zero-order chi connectivity index (χ0) is 19.7. The zero-order valence-electron chi connectivity index (χ0n) is 16.1. The molecule has 0 saturated heterocycles. The van der Waals surface area contributed by atoms with Gasteiger partial charge in [0.2, 0.25) is 5.88 Å². The van der Waals surface area contributed by atoms with Crippen LogP contribution in [-0.2, 0) is 13.0 Å². The Balaban J connectivity index is 1.64. The van der Waals surface area contributed by atoms with Crippen molar-refractivity contribution in [2.45, 2.75) is 45.7 Å². The summed E-state index contributed by atoms with van der Waals surface area (Å²) in [6, 6.07) is 7.62. The Bertz CT molecular complexity index is 1010. The second-order valence-electron chi connectivity index (χ2n) is 7.10. The molecule has 1 N–H and O–H groups in total. The lowest BCUT2D eigenvalue weighted by molar-refractivity contribution is 0.165. The van der Waals surface area contributed by atoms with E-state index in [9.17, 15) is 9.90 Å². The van der Waals surface area contributed by atoms with E-state index in [1.165, 1.54) is 10.8 Å². The van der Waals surface area contributed by atoms with Crippen LogP contribution in [0.25, 0.3) is 10.9 Å². The molecule has 0 fully saturated rings. The molecular weight excluding hydrogens is 356 g/mol. The molecule has 0 amide bonds. The third-order valence-electron chi connectivity index (χ3n) is 5.41. The van der Waals surface area contributed by atoms with Crippen molar-refractivity contribution in [1.82, 2.24) is 19.4 Å². The summed E-state index contributed by atoms with van der Waals surface area (Å²) >= 11 is 0. The Morgan fingerprint density at radius 3 is 2.89 bits per heavy atom. The molecule has 0 aliphatic carbocycles. The van der Waals surface area contributed by atoms with Gasteiger partial charge in [-0.05, 0) is 43.7 Å². The van der Waals surface area contributed by atoms with Crippen LogP contribution in [0.2, 0.25) is 0 Å². The molecule has 0 unspecified atom stereocenters. The molecule has 3 heterocycles. The number of fused-ring (bicyclic) bond motifs is 2. The molecule has 1 aromatic carbocycles. The van der Waals surface area contributed by atoms with Crippen LogP contribution in [0.3, 0.4) is 0 Å². The standard InChI is InChI=1S/C21H24N4O3/c1-3-5-15-11-17-18(12-24(15)4-2)22-13-23-20(17)28-16-6-7-19-14(10-16)8-9-25(19)21(26)27/h6-10,13,15H,3-5,11-12H2,1-2H3,(H,26,27)/t15-/m0/s1. The lowest BCUT2D eigenvalue weighted by Gasteiger charge is -2.35. The number of hydrogen-bond donors (Lipinski definition) is 1. The highest BCUT2D eigenvalue weighted by Gasteiger charge is 2.28. The minimum Gasteiger partial charge on any atom is -0.464 e. The lowest BCUT2D eigenvalue weighted by Crippen LogP contribution is -2.40. The predicted molar refractivity (Wildman–Crippen MR) is 106 cm³/mol. The van der Waals surface area contributed by atoms with Gasteiger partial charge in [-0.3, -0.25) is 9.47 Å². The van der Waals surface area contributed by atoms with E-state index in [0.717, 1.165) is 49.0 Å². The Labute approximate surface area is 163 Å². The van der Waals surface area contributed by atoms with Gasteiger partial charge in [0.15, 0.2) is 0 Å². The maximum atomic E-state index is 11.3. The van der Waals surface area contributed by atoms with E-state index in [1.807, 2.05) is 6.07 Å². The van der Waals surface area contributed by atoms with Gasteiger partial charge in [0.25, 0.3) is 0 Å². The van der Waals surface area contributed by atoms with Crippen LogP contribution in [0.1, 0.15) is 37.9 Å². The Morgan fingerprint density at radius 2 is 2.14 bits per heavy atom. The minimum atomic E-state index is -1.00. The van der Waals surface area contributed by atoms with Gasteiger partial charge in [-0.1, -0.05) is 20.3 Å². The van der Waals surface area contributed by atoms with Crippen molar-refractivity contribution < 1.29 is 14.6 Å². The minimum absolute atomic E-state index is 0.475. The SMILES string of the molecule is CCC[C@H]1Cc2c(ncnc2Oc2ccc3c(ccn3C(=O)O)c2)CN1CC. The summed E-state index contributed by atoms with van der Waals surface area (Å²) in [5, 5.41) is 10.0. The Kier molecular flexibility index (Phi) is 5.00. The second-order valence-corrected chi connectivity index (χ2v) is 7.10. The normalized spacial score (nSPS) is 16.9. The highest BCUT2D eigenvalue weighted by atomic mass is 16.5. The van der Waals surface area contributed by atoms with Crippen LogP contribution >= 0.6 is 0 Å². The molecule has 146 valence electrons. The maximum absolute atomic E-state index is 11.3. The van der Waals surface area contributed by atoms with Gasteiger partial charge >= 0.3 is 6.09 Å². The Morgan fingerprint density at radius 1 is 1.29 bits per heavy atom. The molecule has 0 radical (unpaired) electrons. The van der Waals surface area contributed by atoms with E-state index < -0.39 is 6.09 Å². The number of nitrogens with zero attached hydrogens (tertiary/aromatic N) is 4. The fraction of sp³-hybridized carbons (Fsp3) is 0.381. The molecular formula is C21H24N4O3. The fourth-order valence-corrected chi connectivity index (χ4v) is 4.00. The average Bonchev–Trinajstić information content (AvgIpc) is 3.12. The van der Waals surface area contributed by atoms with Crippen LogP contribution in [-0.4, -0.2) is 43.2 Å². The number of carboxylic acid groups (broad SMARTS) is 1. The summed E-state index contributed by atoms with van der Waals surface area (Å²) in [5.41, 5.74) is 2.73. The van der Waals surface area contributed by atoms with E-state index in [4.69, 9.17) is 4.74 Å². The van der Waals surface area contributed by atoms with Crippen molar-refractivity contribution in [2.75, 3.05) is 6.54 Å². The smallest absolute Gasteiger partial charge is 0.415 e. The first kappa shape index (κ1) is 18.4. The third-order valence-corrected chi connectivity index (χ3v) is 5.41. The van der Waals surface area contributed by atoms with Gasteiger partial charge in [-0.25, -0.2) is 14.8 Å². The number of carbonyl (C=O) groups is 1. The van der Waals surface area contributed by atoms with Gasteiger partial charge in [0, 0.05) is 29.7 Å². The van der Waals surface area contributed by atoms with E-state index in [-0.39, 0.29) is 0 Å². The number of hydrogen-bond acceptors (Lipinski definition) is 5. The molecule has 4 rings (SSSR count). The van der Waals surface area contributed by atoms with Crippen LogP contribution in [0.5, 0.6) is 11.6 Å².